The summed E-state index contributed by atoms with van der Waals surface area (Å²) in [6, 6.07) is 1.92. The van der Waals surface area contributed by atoms with Crippen LogP contribution in [-0.4, -0.2) is 22.4 Å². The number of amides is 1. The van der Waals surface area contributed by atoms with E-state index in [1.165, 1.54) is 0 Å². The molecule has 0 saturated heterocycles. The molecule has 2 aromatic heterocycles. The highest BCUT2D eigenvalue weighted by Gasteiger charge is 2.13. The first kappa shape index (κ1) is 17.9. The average molecular weight is 344 g/mol. The first-order valence-corrected chi connectivity index (χ1v) is 8.60. The second-order valence-corrected chi connectivity index (χ2v) is 6.69. The third kappa shape index (κ3) is 4.30. The number of nitriles is 1. The van der Waals surface area contributed by atoms with Gasteiger partial charge in [-0.05, 0) is 38.3 Å². The van der Waals surface area contributed by atoms with Crippen LogP contribution in [0.4, 0.5) is 0 Å². The Balaban J connectivity index is 1.90. The van der Waals surface area contributed by atoms with E-state index in [2.05, 4.69) is 15.3 Å². The van der Waals surface area contributed by atoms with E-state index in [9.17, 15) is 9.59 Å². The number of aromatic nitrogens is 2. The first-order chi connectivity index (χ1) is 11.4. The molecule has 7 heteroatoms. The summed E-state index contributed by atoms with van der Waals surface area (Å²) >= 11 is 1.60. The maximum absolute atomic E-state index is 12.0. The molecular weight excluding hydrogens is 324 g/mol. The van der Waals surface area contributed by atoms with E-state index < -0.39 is 0 Å². The molecular formula is C17H20N4O2S. The molecule has 0 spiro atoms. The molecule has 0 aliphatic heterocycles. The van der Waals surface area contributed by atoms with Gasteiger partial charge in [0.2, 0.25) is 5.91 Å². The van der Waals surface area contributed by atoms with Crippen LogP contribution in [0, 0.1) is 32.1 Å². The van der Waals surface area contributed by atoms with Gasteiger partial charge in [0.25, 0.3) is 5.56 Å². The van der Waals surface area contributed by atoms with Gasteiger partial charge in [-0.25, -0.2) is 4.98 Å². The number of rotatable bonds is 6. The van der Waals surface area contributed by atoms with E-state index in [1.54, 1.807) is 25.2 Å². The van der Waals surface area contributed by atoms with Crippen molar-refractivity contribution in [3.05, 3.63) is 48.8 Å². The summed E-state index contributed by atoms with van der Waals surface area (Å²) in [5.41, 5.74) is 2.96. The summed E-state index contributed by atoms with van der Waals surface area (Å²) < 4.78 is 0. The zero-order valence-corrected chi connectivity index (χ0v) is 14.8. The second kappa shape index (κ2) is 7.88. The number of thiazole rings is 1. The van der Waals surface area contributed by atoms with Crippen LogP contribution in [0.1, 0.15) is 39.5 Å². The Morgan fingerprint density at radius 1 is 1.38 bits per heavy atom. The van der Waals surface area contributed by atoms with Crippen LogP contribution in [0.25, 0.3) is 0 Å². The third-order valence-corrected chi connectivity index (χ3v) is 4.71. The molecule has 0 unspecified atom stereocenters. The monoisotopic (exact) mass is 344 g/mol. The Bertz CT molecular complexity index is 845. The van der Waals surface area contributed by atoms with Crippen molar-refractivity contribution in [2.75, 3.05) is 6.54 Å². The van der Waals surface area contributed by atoms with E-state index in [4.69, 9.17) is 5.26 Å². The smallest absolute Gasteiger partial charge is 0.266 e. The summed E-state index contributed by atoms with van der Waals surface area (Å²) in [6.45, 7) is 6.04. The summed E-state index contributed by atoms with van der Waals surface area (Å²) in [4.78, 5) is 30.7. The fraction of sp³-hybridized carbons (Fsp3) is 0.412. The van der Waals surface area contributed by atoms with Gasteiger partial charge in [0, 0.05) is 30.5 Å². The lowest BCUT2D eigenvalue weighted by atomic mass is 9.99. The minimum absolute atomic E-state index is 0.0505. The van der Waals surface area contributed by atoms with Crippen molar-refractivity contribution in [3.8, 4) is 6.07 Å². The highest BCUT2D eigenvalue weighted by molar-refractivity contribution is 7.09. The van der Waals surface area contributed by atoms with Gasteiger partial charge in [-0.2, -0.15) is 5.26 Å². The molecule has 0 fully saturated rings. The van der Waals surface area contributed by atoms with Crippen molar-refractivity contribution in [2.24, 2.45) is 0 Å². The molecule has 1 amide bonds. The molecule has 0 aliphatic rings. The summed E-state index contributed by atoms with van der Waals surface area (Å²) in [5.74, 6) is -0.0505. The van der Waals surface area contributed by atoms with Crippen LogP contribution >= 0.6 is 11.3 Å². The highest BCUT2D eigenvalue weighted by Crippen LogP contribution is 2.15. The first-order valence-electron chi connectivity index (χ1n) is 7.72. The van der Waals surface area contributed by atoms with Crippen LogP contribution in [0.3, 0.4) is 0 Å². The topological polar surface area (TPSA) is 98.6 Å². The number of pyridine rings is 1. The number of carbonyl (C=O) groups excluding carboxylic acids is 1. The van der Waals surface area contributed by atoms with Crippen molar-refractivity contribution < 1.29 is 4.79 Å². The number of hydrogen-bond donors (Lipinski definition) is 2. The maximum Gasteiger partial charge on any atom is 0.266 e. The number of nitrogens with zero attached hydrogens (tertiary/aromatic N) is 2. The van der Waals surface area contributed by atoms with E-state index >= 15 is 0 Å². The van der Waals surface area contributed by atoms with Crippen LogP contribution in [0.2, 0.25) is 0 Å². The van der Waals surface area contributed by atoms with Gasteiger partial charge in [0.15, 0.2) is 0 Å². The van der Waals surface area contributed by atoms with Gasteiger partial charge in [-0.3, -0.25) is 9.59 Å². The Morgan fingerprint density at radius 3 is 2.75 bits per heavy atom. The van der Waals surface area contributed by atoms with E-state index in [1.807, 2.05) is 18.4 Å². The summed E-state index contributed by atoms with van der Waals surface area (Å²) in [7, 11) is 0. The van der Waals surface area contributed by atoms with Crippen molar-refractivity contribution >= 4 is 17.2 Å². The number of aryl methyl sites for hydroxylation is 2. The zero-order chi connectivity index (χ0) is 17.7. The summed E-state index contributed by atoms with van der Waals surface area (Å²) in [5, 5.41) is 15.0. The lowest BCUT2D eigenvalue weighted by Crippen LogP contribution is -2.26. The number of H-pyrrole nitrogens is 1. The van der Waals surface area contributed by atoms with Crippen molar-refractivity contribution in [2.45, 2.75) is 40.0 Å². The van der Waals surface area contributed by atoms with Crippen molar-refractivity contribution in [1.82, 2.24) is 15.3 Å². The summed E-state index contributed by atoms with van der Waals surface area (Å²) in [6.07, 6.45) is 1.52. The lowest BCUT2D eigenvalue weighted by Gasteiger charge is -2.11. The normalized spacial score (nSPS) is 10.4. The molecule has 2 aromatic rings. The second-order valence-electron chi connectivity index (χ2n) is 5.63. The maximum atomic E-state index is 12.0. The molecule has 0 saturated carbocycles. The molecule has 0 bridgehead atoms. The predicted octanol–water partition coefficient (Wildman–Crippen LogP) is 1.92. The quantitative estimate of drug-likeness (QED) is 0.836. The lowest BCUT2D eigenvalue weighted by molar-refractivity contribution is -0.121. The Labute approximate surface area is 144 Å². The van der Waals surface area contributed by atoms with Gasteiger partial charge in [0.05, 0.1) is 10.7 Å². The minimum Gasteiger partial charge on any atom is -0.356 e. The van der Waals surface area contributed by atoms with E-state index in [0.29, 0.717) is 37.1 Å². The number of aromatic amines is 1. The number of hydrogen-bond acceptors (Lipinski definition) is 5. The van der Waals surface area contributed by atoms with Gasteiger partial charge in [0.1, 0.15) is 11.6 Å². The van der Waals surface area contributed by atoms with E-state index in [0.717, 1.165) is 16.3 Å². The molecule has 0 aliphatic carbocycles. The van der Waals surface area contributed by atoms with Gasteiger partial charge in [-0.15, -0.1) is 11.3 Å². The van der Waals surface area contributed by atoms with Crippen molar-refractivity contribution in [1.29, 1.82) is 5.26 Å². The highest BCUT2D eigenvalue weighted by atomic mass is 32.1. The average Bonchev–Trinajstić information content (AvgIpc) is 2.92. The van der Waals surface area contributed by atoms with Crippen LogP contribution in [-0.2, 0) is 17.6 Å². The van der Waals surface area contributed by atoms with E-state index in [-0.39, 0.29) is 17.0 Å². The van der Waals surface area contributed by atoms with Crippen LogP contribution in [0.15, 0.2) is 10.2 Å². The molecule has 0 aromatic carbocycles. The standard InChI is InChI=1S/C17H20N4O2S/c1-10-14(11(2)20-17(23)15(10)8-18)4-5-16(22)19-7-6-13-9-24-12(3)21-13/h9H,4-7H2,1-3H3,(H,19,22)(H,20,23). The molecule has 126 valence electrons. The van der Waals surface area contributed by atoms with Crippen LogP contribution < -0.4 is 10.9 Å². The number of carbonyl (C=O) groups is 1. The Morgan fingerprint density at radius 2 is 2.12 bits per heavy atom. The molecule has 2 rings (SSSR count). The zero-order valence-electron chi connectivity index (χ0n) is 14.0. The fourth-order valence-electron chi connectivity index (χ4n) is 2.60. The molecule has 2 heterocycles. The Kier molecular flexibility index (Phi) is 5.88. The van der Waals surface area contributed by atoms with Gasteiger partial charge in [-0.1, -0.05) is 0 Å². The van der Waals surface area contributed by atoms with Gasteiger partial charge >= 0.3 is 0 Å². The SMILES string of the molecule is Cc1nc(CCNC(=O)CCc2c(C)[nH]c(=O)c(C#N)c2C)cs1. The molecule has 6 nitrogen and oxygen atoms in total. The molecule has 0 radical (unpaired) electrons. The Hall–Kier alpha value is -2.46. The fourth-order valence-corrected chi connectivity index (χ4v) is 3.25. The van der Waals surface area contributed by atoms with Crippen LogP contribution in [0.5, 0.6) is 0 Å². The van der Waals surface area contributed by atoms with Crippen molar-refractivity contribution in [3.63, 3.8) is 0 Å². The third-order valence-electron chi connectivity index (χ3n) is 3.89. The molecule has 2 N–H and O–H groups in total. The van der Waals surface area contributed by atoms with Gasteiger partial charge < -0.3 is 10.3 Å². The predicted molar refractivity (Wildman–Crippen MR) is 93.1 cm³/mol. The molecule has 24 heavy (non-hydrogen) atoms. The number of nitrogens with one attached hydrogen (secondary N) is 2. The molecule has 0 atom stereocenters. The largest absolute Gasteiger partial charge is 0.356 e. The minimum atomic E-state index is -0.376.